The van der Waals surface area contributed by atoms with Crippen molar-refractivity contribution in [3.8, 4) is 5.75 Å². The number of hydrogen-bond acceptors (Lipinski definition) is 6. The van der Waals surface area contributed by atoms with Crippen LogP contribution in [-0.2, 0) is 19.4 Å². The van der Waals surface area contributed by atoms with Crippen molar-refractivity contribution >= 4 is 21.7 Å². The Hall–Kier alpha value is -2.09. The van der Waals surface area contributed by atoms with E-state index in [4.69, 9.17) is 4.74 Å². The fourth-order valence-corrected chi connectivity index (χ4v) is 4.56. The minimum Gasteiger partial charge on any atom is -0.484 e. The quantitative estimate of drug-likeness (QED) is 0.673. The first kappa shape index (κ1) is 19.2. The molecule has 1 aliphatic heterocycles. The predicted molar refractivity (Wildman–Crippen MR) is 92.3 cm³/mol. The Morgan fingerprint density at radius 1 is 1.32 bits per heavy atom. The number of benzene rings is 1. The first-order valence-corrected chi connectivity index (χ1v) is 9.99. The molecule has 1 atom stereocenters. The SMILES string of the molecule is CCCN(C(=O)COc1cccc(C(=O)OC)c1)[C@@H]1CCS(=O)(=O)C1. The van der Waals surface area contributed by atoms with Gasteiger partial charge in [0.05, 0.1) is 24.2 Å². The molecule has 0 bridgehead atoms. The number of methoxy groups -OCH3 is 1. The Balaban J connectivity index is 2.00. The van der Waals surface area contributed by atoms with Crippen molar-refractivity contribution in [3.05, 3.63) is 29.8 Å². The summed E-state index contributed by atoms with van der Waals surface area (Å²) < 4.78 is 33.5. The summed E-state index contributed by atoms with van der Waals surface area (Å²) in [6.07, 6.45) is 1.20. The molecule has 0 spiro atoms. The fourth-order valence-electron chi connectivity index (χ4n) is 2.83. The van der Waals surface area contributed by atoms with Crippen LogP contribution in [0, 0.1) is 0 Å². The highest BCUT2D eigenvalue weighted by Gasteiger charge is 2.34. The van der Waals surface area contributed by atoms with Gasteiger partial charge in [0.25, 0.3) is 5.91 Å². The molecule has 0 aliphatic carbocycles. The van der Waals surface area contributed by atoms with Crippen LogP contribution in [-0.4, -0.2) is 63.0 Å². The lowest BCUT2D eigenvalue weighted by molar-refractivity contribution is -0.135. The average molecular weight is 369 g/mol. The van der Waals surface area contributed by atoms with Gasteiger partial charge in [-0.15, -0.1) is 0 Å². The zero-order chi connectivity index (χ0) is 18.4. The number of hydrogen-bond donors (Lipinski definition) is 0. The standard InChI is InChI=1S/C17H23NO6S/c1-3-8-18(14-7-9-25(21,22)12-14)16(19)11-24-15-6-4-5-13(10-15)17(20)23-2/h4-6,10,14H,3,7-9,11-12H2,1-2H3/t14-/m1/s1. The van der Waals surface area contributed by atoms with E-state index in [1.165, 1.54) is 13.2 Å². The second-order valence-corrected chi connectivity index (χ2v) is 8.18. The number of ether oxygens (including phenoxy) is 2. The molecule has 1 fully saturated rings. The third kappa shape index (κ3) is 5.19. The van der Waals surface area contributed by atoms with E-state index in [0.29, 0.717) is 24.3 Å². The Labute approximate surface area is 147 Å². The van der Waals surface area contributed by atoms with Crippen molar-refractivity contribution < 1.29 is 27.5 Å². The second kappa shape index (κ2) is 8.33. The Morgan fingerprint density at radius 2 is 2.08 bits per heavy atom. The molecule has 1 amide bonds. The zero-order valence-corrected chi connectivity index (χ0v) is 15.3. The van der Waals surface area contributed by atoms with Crippen LogP contribution >= 0.6 is 0 Å². The van der Waals surface area contributed by atoms with Gasteiger partial charge >= 0.3 is 5.97 Å². The van der Waals surface area contributed by atoms with Gasteiger partial charge in [0.2, 0.25) is 0 Å². The van der Waals surface area contributed by atoms with Crippen molar-refractivity contribution in [2.75, 3.05) is 31.8 Å². The summed E-state index contributed by atoms with van der Waals surface area (Å²) in [4.78, 5) is 25.6. The molecule has 0 unspecified atom stereocenters. The van der Waals surface area contributed by atoms with Crippen LogP contribution in [0.4, 0.5) is 0 Å². The molecular formula is C17H23NO6S. The van der Waals surface area contributed by atoms with Crippen molar-refractivity contribution in [2.24, 2.45) is 0 Å². The van der Waals surface area contributed by atoms with Crippen LogP contribution in [0.15, 0.2) is 24.3 Å². The number of rotatable bonds is 7. The van der Waals surface area contributed by atoms with Crippen LogP contribution < -0.4 is 4.74 Å². The smallest absolute Gasteiger partial charge is 0.337 e. The molecule has 2 rings (SSSR count). The van der Waals surface area contributed by atoms with Gasteiger partial charge in [-0.25, -0.2) is 13.2 Å². The van der Waals surface area contributed by atoms with Crippen LogP contribution in [0.5, 0.6) is 5.75 Å². The second-order valence-electron chi connectivity index (χ2n) is 5.95. The Kier molecular flexibility index (Phi) is 6.41. The molecule has 7 nitrogen and oxygen atoms in total. The van der Waals surface area contributed by atoms with Gasteiger partial charge in [0.15, 0.2) is 16.4 Å². The molecule has 1 aromatic carbocycles. The van der Waals surface area contributed by atoms with E-state index in [9.17, 15) is 18.0 Å². The molecule has 1 heterocycles. The van der Waals surface area contributed by atoms with E-state index in [0.717, 1.165) is 6.42 Å². The van der Waals surface area contributed by atoms with Gasteiger partial charge in [0.1, 0.15) is 5.75 Å². The highest BCUT2D eigenvalue weighted by atomic mass is 32.2. The molecule has 8 heteroatoms. The summed E-state index contributed by atoms with van der Waals surface area (Å²) in [6, 6.07) is 6.09. The predicted octanol–water partition coefficient (Wildman–Crippen LogP) is 1.28. The van der Waals surface area contributed by atoms with Crippen molar-refractivity contribution in [1.82, 2.24) is 4.90 Å². The molecule has 0 N–H and O–H groups in total. The Morgan fingerprint density at radius 3 is 2.68 bits per heavy atom. The van der Waals surface area contributed by atoms with Gasteiger partial charge in [-0.1, -0.05) is 13.0 Å². The monoisotopic (exact) mass is 369 g/mol. The van der Waals surface area contributed by atoms with E-state index in [-0.39, 0.29) is 30.1 Å². The van der Waals surface area contributed by atoms with E-state index in [1.54, 1.807) is 23.1 Å². The molecule has 1 saturated heterocycles. The lowest BCUT2D eigenvalue weighted by Gasteiger charge is -2.27. The highest BCUT2D eigenvalue weighted by Crippen LogP contribution is 2.19. The lowest BCUT2D eigenvalue weighted by atomic mass is 10.2. The average Bonchev–Trinajstić information content (AvgIpc) is 2.96. The van der Waals surface area contributed by atoms with E-state index >= 15 is 0 Å². The fraction of sp³-hybridized carbons (Fsp3) is 0.529. The maximum absolute atomic E-state index is 12.5. The molecule has 1 aromatic rings. The normalized spacial score (nSPS) is 18.6. The molecule has 0 radical (unpaired) electrons. The van der Waals surface area contributed by atoms with Gasteiger partial charge in [-0.3, -0.25) is 4.79 Å². The molecule has 1 aliphatic rings. The minimum absolute atomic E-state index is 0.0105. The number of nitrogens with zero attached hydrogens (tertiary/aromatic N) is 1. The summed E-state index contributed by atoms with van der Waals surface area (Å²) in [5, 5.41) is 0. The summed E-state index contributed by atoms with van der Waals surface area (Å²) >= 11 is 0. The Bertz CT molecular complexity index is 730. The number of carbonyl (C=O) groups is 2. The molecule has 25 heavy (non-hydrogen) atoms. The van der Waals surface area contributed by atoms with Crippen LogP contribution in [0.3, 0.4) is 0 Å². The van der Waals surface area contributed by atoms with Gasteiger partial charge in [-0.05, 0) is 31.0 Å². The van der Waals surface area contributed by atoms with Crippen LogP contribution in [0.25, 0.3) is 0 Å². The third-order valence-corrected chi connectivity index (χ3v) is 5.80. The summed E-state index contributed by atoms with van der Waals surface area (Å²) in [5.41, 5.74) is 0.333. The maximum Gasteiger partial charge on any atom is 0.337 e. The van der Waals surface area contributed by atoms with Gasteiger partial charge in [0, 0.05) is 12.6 Å². The van der Waals surface area contributed by atoms with E-state index in [1.807, 2.05) is 6.92 Å². The van der Waals surface area contributed by atoms with Crippen molar-refractivity contribution in [1.29, 1.82) is 0 Å². The van der Waals surface area contributed by atoms with E-state index < -0.39 is 15.8 Å². The molecular weight excluding hydrogens is 346 g/mol. The number of sulfone groups is 1. The third-order valence-electron chi connectivity index (χ3n) is 4.05. The van der Waals surface area contributed by atoms with Gasteiger partial charge in [-0.2, -0.15) is 0 Å². The maximum atomic E-state index is 12.5. The number of amides is 1. The molecule has 138 valence electrons. The molecule has 0 saturated carbocycles. The summed E-state index contributed by atoms with van der Waals surface area (Å²) in [7, 11) is -1.77. The summed E-state index contributed by atoms with van der Waals surface area (Å²) in [6.45, 7) is 2.22. The summed E-state index contributed by atoms with van der Waals surface area (Å²) in [5.74, 6) is -0.233. The number of esters is 1. The largest absolute Gasteiger partial charge is 0.484 e. The zero-order valence-electron chi connectivity index (χ0n) is 14.4. The molecule has 0 aromatic heterocycles. The first-order valence-electron chi connectivity index (χ1n) is 8.17. The van der Waals surface area contributed by atoms with E-state index in [2.05, 4.69) is 4.74 Å². The van der Waals surface area contributed by atoms with Crippen LogP contribution in [0.1, 0.15) is 30.1 Å². The van der Waals surface area contributed by atoms with Crippen molar-refractivity contribution in [3.63, 3.8) is 0 Å². The lowest BCUT2D eigenvalue weighted by Crippen LogP contribution is -2.44. The van der Waals surface area contributed by atoms with Crippen molar-refractivity contribution in [2.45, 2.75) is 25.8 Å². The van der Waals surface area contributed by atoms with Gasteiger partial charge < -0.3 is 14.4 Å². The first-order chi connectivity index (χ1) is 11.9. The number of carbonyl (C=O) groups excluding carboxylic acids is 2. The topological polar surface area (TPSA) is 90.0 Å². The van der Waals surface area contributed by atoms with Crippen LogP contribution in [0.2, 0.25) is 0 Å². The highest BCUT2D eigenvalue weighted by molar-refractivity contribution is 7.91. The minimum atomic E-state index is -3.06.